The zero-order valence-electron chi connectivity index (χ0n) is 21.0. The van der Waals surface area contributed by atoms with E-state index >= 15 is 0 Å². The van der Waals surface area contributed by atoms with Crippen LogP contribution in [0.25, 0.3) is 6.08 Å². The number of piperazine rings is 1. The molecule has 36 heavy (non-hydrogen) atoms. The van der Waals surface area contributed by atoms with Crippen molar-refractivity contribution in [1.82, 2.24) is 9.80 Å². The number of amides is 2. The Kier molecular flexibility index (Phi) is 9.35. The Morgan fingerprint density at radius 3 is 2.44 bits per heavy atom. The molecule has 0 unspecified atom stereocenters. The van der Waals surface area contributed by atoms with Gasteiger partial charge in [-0.1, -0.05) is 56.0 Å². The van der Waals surface area contributed by atoms with E-state index in [-0.39, 0.29) is 11.1 Å². The molecule has 0 N–H and O–H groups in total. The van der Waals surface area contributed by atoms with Gasteiger partial charge in [0.05, 0.1) is 18.2 Å². The molecule has 2 aliphatic rings. The first-order valence-corrected chi connectivity index (χ1v) is 13.9. The third kappa shape index (κ3) is 6.84. The highest BCUT2D eigenvalue weighted by Crippen LogP contribution is 2.33. The SMILES string of the molecule is CCCCCCOc1ccc(/C=C2/SC(=O)N(CN3CCN(c4ccc(C)c(Cl)c4)CC3)C2=O)cc1. The highest BCUT2D eigenvalue weighted by Gasteiger charge is 2.36. The molecule has 0 aliphatic carbocycles. The number of unbranched alkanes of at least 4 members (excludes halogenated alkanes) is 3. The summed E-state index contributed by atoms with van der Waals surface area (Å²) in [5.74, 6) is 0.595. The smallest absolute Gasteiger partial charge is 0.294 e. The van der Waals surface area contributed by atoms with E-state index < -0.39 is 0 Å². The van der Waals surface area contributed by atoms with Crippen molar-refractivity contribution in [3.8, 4) is 5.75 Å². The number of rotatable bonds is 10. The average molecular weight is 528 g/mol. The molecule has 0 saturated carbocycles. The van der Waals surface area contributed by atoms with Crippen LogP contribution in [-0.2, 0) is 4.79 Å². The van der Waals surface area contributed by atoms with Gasteiger partial charge in [0.25, 0.3) is 11.1 Å². The molecule has 4 rings (SSSR count). The van der Waals surface area contributed by atoms with Crippen LogP contribution in [0.4, 0.5) is 10.5 Å². The van der Waals surface area contributed by atoms with Crippen LogP contribution in [0.1, 0.15) is 43.7 Å². The van der Waals surface area contributed by atoms with E-state index in [1.807, 2.05) is 43.3 Å². The van der Waals surface area contributed by atoms with Gasteiger partial charge in [0.2, 0.25) is 0 Å². The predicted octanol–water partition coefficient (Wildman–Crippen LogP) is 6.42. The molecule has 8 heteroatoms. The number of anilines is 1. The van der Waals surface area contributed by atoms with E-state index in [4.69, 9.17) is 16.3 Å². The number of hydrogen-bond donors (Lipinski definition) is 0. The standard InChI is InChI=1S/C28H34ClN3O3S/c1-3-4-5-6-17-35-24-11-8-22(9-12-24)18-26-27(33)32(28(34)36-26)20-30-13-15-31(16-14-30)23-10-7-21(2)25(29)19-23/h7-12,18-19H,3-6,13-17,20H2,1-2H3/b26-18+. The molecule has 2 heterocycles. The van der Waals surface area contributed by atoms with Crippen LogP contribution in [0.15, 0.2) is 47.4 Å². The number of halogens is 1. The van der Waals surface area contributed by atoms with Gasteiger partial charge in [-0.05, 0) is 66.6 Å². The fourth-order valence-corrected chi connectivity index (χ4v) is 5.28. The van der Waals surface area contributed by atoms with Gasteiger partial charge in [0.1, 0.15) is 5.75 Å². The molecule has 0 bridgehead atoms. The van der Waals surface area contributed by atoms with Gasteiger partial charge in [0, 0.05) is 36.9 Å². The second kappa shape index (κ2) is 12.7. The number of aryl methyl sites for hydroxylation is 1. The summed E-state index contributed by atoms with van der Waals surface area (Å²) in [6, 6.07) is 13.8. The number of thioether (sulfide) groups is 1. The van der Waals surface area contributed by atoms with Crippen molar-refractivity contribution in [2.24, 2.45) is 0 Å². The Morgan fingerprint density at radius 2 is 1.75 bits per heavy atom. The molecule has 2 amide bonds. The summed E-state index contributed by atoms with van der Waals surface area (Å²) in [6.07, 6.45) is 6.46. The van der Waals surface area contributed by atoms with Gasteiger partial charge >= 0.3 is 0 Å². The first-order chi connectivity index (χ1) is 17.4. The summed E-state index contributed by atoms with van der Waals surface area (Å²) in [5, 5.41) is 0.551. The van der Waals surface area contributed by atoms with Crippen LogP contribution in [0, 0.1) is 6.92 Å². The fraction of sp³-hybridized carbons (Fsp3) is 0.429. The molecule has 0 radical (unpaired) electrons. The van der Waals surface area contributed by atoms with Crippen LogP contribution in [0.2, 0.25) is 5.02 Å². The first kappa shape index (κ1) is 26.6. The molecule has 192 valence electrons. The quantitative estimate of drug-likeness (QED) is 0.262. The van der Waals surface area contributed by atoms with Gasteiger partial charge in [-0.2, -0.15) is 0 Å². The van der Waals surface area contributed by atoms with Crippen LogP contribution < -0.4 is 9.64 Å². The van der Waals surface area contributed by atoms with Crippen LogP contribution >= 0.6 is 23.4 Å². The van der Waals surface area contributed by atoms with E-state index in [2.05, 4.69) is 22.8 Å². The predicted molar refractivity (Wildman–Crippen MR) is 149 cm³/mol. The Hall–Kier alpha value is -2.48. The Labute approximate surface area is 223 Å². The third-order valence-corrected chi connectivity index (χ3v) is 7.87. The summed E-state index contributed by atoms with van der Waals surface area (Å²) in [5.41, 5.74) is 3.05. The van der Waals surface area contributed by atoms with Crippen molar-refractivity contribution >= 4 is 46.3 Å². The van der Waals surface area contributed by atoms with Crippen molar-refractivity contribution in [2.45, 2.75) is 39.5 Å². The Morgan fingerprint density at radius 1 is 1.00 bits per heavy atom. The van der Waals surface area contributed by atoms with Gasteiger partial charge in [-0.15, -0.1) is 0 Å². The molecule has 2 aliphatic heterocycles. The van der Waals surface area contributed by atoms with Crippen LogP contribution in [0.5, 0.6) is 5.75 Å². The molecule has 2 fully saturated rings. The maximum Gasteiger partial charge on any atom is 0.294 e. The maximum absolute atomic E-state index is 13.0. The molecular weight excluding hydrogens is 494 g/mol. The zero-order chi connectivity index (χ0) is 25.5. The highest BCUT2D eigenvalue weighted by molar-refractivity contribution is 8.18. The molecule has 2 aromatic rings. The van der Waals surface area contributed by atoms with Crippen molar-refractivity contribution < 1.29 is 14.3 Å². The molecule has 0 atom stereocenters. The largest absolute Gasteiger partial charge is 0.494 e. The summed E-state index contributed by atoms with van der Waals surface area (Å²) < 4.78 is 5.79. The van der Waals surface area contributed by atoms with E-state index in [0.717, 1.165) is 71.9 Å². The van der Waals surface area contributed by atoms with Gasteiger partial charge < -0.3 is 9.64 Å². The Balaban J connectivity index is 1.28. The van der Waals surface area contributed by atoms with Crippen molar-refractivity contribution in [2.75, 3.05) is 44.4 Å². The number of carbonyl (C=O) groups is 2. The van der Waals surface area contributed by atoms with Gasteiger partial charge in [-0.25, -0.2) is 0 Å². The van der Waals surface area contributed by atoms with Gasteiger partial charge in [0.15, 0.2) is 0 Å². The number of benzene rings is 2. The average Bonchev–Trinajstić information content (AvgIpc) is 3.14. The molecule has 2 aromatic carbocycles. The normalized spacial score (nSPS) is 17.9. The fourth-order valence-electron chi connectivity index (χ4n) is 4.28. The first-order valence-electron chi connectivity index (χ1n) is 12.7. The molecule has 6 nitrogen and oxygen atoms in total. The number of carbonyl (C=O) groups excluding carboxylic acids is 2. The van der Waals surface area contributed by atoms with E-state index in [1.165, 1.54) is 24.2 Å². The lowest BCUT2D eigenvalue weighted by Gasteiger charge is -2.37. The second-order valence-corrected chi connectivity index (χ2v) is 10.7. The molecule has 2 saturated heterocycles. The maximum atomic E-state index is 13.0. The summed E-state index contributed by atoms with van der Waals surface area (Å²) in [6.45, 7) is 8.39. The summed E-state index contributed by atoms with van der Waals surface area (Å²) in [7, 11) is 0. The number of nitrogens with zero attached hydrogens (tertiary/aromatic N) is 3. The summed E-state index contributed by atoms with van der Waals surface area (Å²) in [4.78, 5) is 31.8. The lowest BCUT2D eigenvalue weighted by atomic mass is 10.2. The number of imide groups is 1. The lowest BCUT2D eigenvalue weighted by Crippen LogP contribution is -2.50. The number of ether oxygens (including phenoxy) is 1. The van der Waals surface area contributed by atoms with Crippen molar-refractivity contribution in [3.63, 3.8) is 0 Å². The van der Waals surface area contributed by atoms with E-state index in [1.54, 1.807) is 6.08 Å². The molecule has 0 spiro atoms. The van der Waals surface area contributed by atoms with E-state index in [9.17, 15) is 9.59 Å². The van der Waals surface area contributed by atoms with Gasteiger partial charge in [-0.3, -0.25) is 19.4 Å². The summed E-state index contributed by atoms with van der Waals surface area (Å²) >= 11 is 7.30. The lowest BCUT2D eigenvalue weighted by molar-refractivity contribution is -0.124. The Bertz CT molecular complexity index is 1100. The number of hydrogen-bond acceptors (Lipinski definition) is 6. The monoisotopic (exact) mass is 527 g/mol. The van der Waals surface area contributed by atoms with E-state index in [0.29, 0.717) is 18.2 Å². The van der Waals surface area contributed by atoms with Crippen molar-refractivity contribution in [1.29, 1.82) is 0 Å². The second-order valence-electron chi connectivity index (χ2n) is 9.27. The molecular formula is C28H34ClN3O3S. The minimum atomic E-state index is -0.228. The third-order valence-electron chi connectivity index (χ3n) is 6.55. The molecule has 0 aromatic heterocycles. The van der Waals surface area contributed by atoms with Crippen molar-refractivity contribution in [3.05, 3.63) is 63.5 Å². The van der Waals surface area contributed by atoms with Crippen LogP contribution in [0.3, 0.4) is 0 Å². The topological polar surface area (TPSA) is 53.1 Å². The van der Waals surface area contributed by atoms with Crippen LogP contribution in [-0.4, -0.2) is 60.4 Å². The minimum absolute atomic E-state index is 0.217. The zero-order valence-corrected chi connectivity index (χ0v) is 22.6. The highest BCUT2D eigenvalue weighted by atomic mass is 35.5. The minimum Gasteiger partial charge on any atom is -0.494 e.